The smallest absolute Gasteiger partial charge is 0.190 e. The summed E-state index contributed by atoms with van der Waals surface area (Å²) in [6.45, 7) is 0.666. The van der Waals surface area contributed by atoms with E-state index in [2.05, 4.69) is 5.32 Å². The van der Waals surface area contributed by atoms with Crippen LogP contribution in [0.5, 0.6) is 0 Å². The molecule has 0 fully saturated rings. The molecule has 4 rings (SSSR count). The third-order valence-electron chi connectivity index (χ3n) is 4.24. The van der Waals surface area contributed by atoms with E-state index in [-0.39, 0.29) is 0 Å². The van der Waals surface area contributed by atoms with E-state index >= 15 is 0 Å². The van der Waals surface area contributed by atoms with Crippen molar-refractivity contribution < 1.29 is 0 Å². The summed E-state index contributed by atoms with van der Waals surface area (Å²) in [5, 5.41) is 6.67. The first-order chi connectivity index (χ1) is 13.7. The first kappa shape index (κ1) is 19.1. The molecule has 1 heterocycles. The Labute approximate surface area is 178 Å². The number of hydrogen-bond acceptors (Lipinski definition) is 4. The van der Waals surface area contributed by atoms with Crippen LogP contribution in [-0.4, -0.2) is 9.97 Å². The second-order valence-electron chi connectivity index (χ2n) is 6.27. The zero-order valence-electron chi connectivity index (χ0n) is 14.9. The minimum absolute atomic E-state index is 0.666. The van der Waals surface area contributed by atoms with Gasteiger partial charge in [-0.2, -0.15) is 0 Å². The molecule has 0 aliphatic carbocycles. The Morgan fingerprint density at radius 3 is 2.11 bits per heavy atom. The number of nitrogens with one attached hydrogen (secondary N) is 1. The number of anilines is 1. The zero-order valence-corrected chi connectivity index (χ0v) is 17.2. The number of hydrogen-bond donors (Lipinski definition) is 1. The van der Waals surface area contributed by atoms with Crippen molar-refractivity contribution in [2.75, 3.05) is 5.32 Å². The number of benzene rings is 3. The van der Waals surface area contributed by atoms with Crippen LogP contribution in [0.15, 0.2) is 78.0 Å². The van der Waals surface area contributed by atoms with Gasteiger partial charge in [0.1, 0.15) is 5.82 Å². The van der Waals surface area contributed by atoms with Crippen LogP contribution < -0.4 is 5.32 Å². The van der Waals surface area contributed by atoms with Gasteiger partial charge in [0.05, 0.1) is 5.52 Å². The average molecular weight is 426 g/mol. The second-order valence-corrected chi connectivity index (χ2v) is 8.08. The van der Waals surface area contributed by atoms with Crippen LogP contribution in [0.3, 0.4) is 0 Å². The minimum Gasteiger partial charge on any atom is -0.365 e. The van der Waals surface area contributed by atoms with Crippen LogP contribution in [0.1, 0.15) is 11.1 Å². The predicted octanol–water partition coefficient (Wildman–Crippen LogP) is 6.84. The van der Waals surface area contributed by atoms with Crippen molar-refractivity contribution in [3.05, 3.63) is 94.0 Å². The maximum atomic E-state index is 5.97. The Morgan fingerprint density at radius 1 is 0.750 bits per heavy atom. The van der Waals surface area contributed by atoms with Crippen LogP contribution >= 0.6 is 35.0 Å². The molecule has 3 aromatic carbocycles. The largest absolute Gasteiger partial charge is 0.365 e. The summed E-state index contributed by atoms with van der Waals surface area (Å²) in [5.41, 5.74) is 3.25. The van der Waals surface area contributed by atoms with Crippen LogP contribution in [0.25, 0.3) is 10.9 Å². The summed E-state index contributed by atoms with van der Waals surface area (Å²) >= 11 is 13.5. The molecule has 1 N–H and O–H groups in total. The van der Waals surface area contributed by atoms with Gasteiger partial charge >= 0.3 is 0 Å². The molecular weight excluding hydrogens is 409 g/mol. The molecule has 0 aliphatic rings. The van der Waals surface area contributed by atoms with Crippen molar-refractivity contribution in [1.82, 2.24) is 9.97 Å². The highest BCUT2D eigenvalue weighted by Crippen LogP contribution is 2.27. The van der Waals surface area contributed by atoms with Crippen LogP contribution in [-0.2, 0) is 12.3 Å². The second kappa shape index (κ2) is 8.82. The topological polar surface area (TPSA) is 37.8 Å². The number of fused-ring (bicyclic) bond motifs is 1. The Balaban J connectivity index is 1.55. The Bertz CT molecular complexity index is 1080. The molecule has 28 heavy (non-hydrogen) atoms. The van der Waals surface area contributed by atoms with Gasteiger partial charge in [0.15, 0.2) is 5.16 Å². The molecule has 0 aliphatic heterocycles. The van der Waals surface area contributed by atoms with E-state index in [1.165, 1.54) is 5.56 Å². The zero-order chi connectivity index (χ0) is 19.3. The third kappa shape index (κ3) is 4.76. The van der Waals surface area contributed by atoms with Gasteiger partial charge in [-0.25, -0.2) is 9.97 Å². The predicted molar refractivity (Wildman–Crippen MR) is 119 cm³/mol. The lowest BCUT2D eigenvalue weighted by Gasteiger charge is -2.11. The van der Waals surface area contributed by atoms with Crippen molar-refractivity contribution in [1.29, 1.82) is 0 Å². The van der Waals surface area contributed by atoms with E-state index in [1.54, 1.807) is 11.8 Å². The van der Waals surface area contributed by atoms with E-state index in [0.29, 0.717) is 6.54 Å². The maximum absolute atomic E-state index is 5.97. The molecule has 140 valence electrons. The number of aromatic nitrogens is 2. The van der Waals surface area contributed by atoms with Gasteiger partial charge in [0.25, 0.3) is 0 Å². The standard InChI is InChI=1S/C22H17Cl2N3S/c23-17-9-5-15(6-10-17)13-25-21-19-3-1-2-4-20(19)26-22(27-21)28-14-16-7-11-18(24)12-8-16/h1-12H,13-14H2,(H,25,26,27). The quantitative estimate of drug-likeness (QED) is 0.271. The average Bonchev–Trinajstić information content (AvgIpc) is 2.73. The minimum atomic E-state index is 0.666. The number of rotatable bonds is 6. The van der Waals surface area contributed by atoms with Crippen LogP contribution in [0.2, 0.25) is 10.0 Å². The summed E-state index contributed by atoms with van der Waals surface area (Å²) in [4.78, 5) is 9.46. The molecule has 1 aromatic heterocycles. The van der Waals surface area contributed by atoms with Gasteiger partial charge in [-0.05, 0) is 47.5 Å². The fourth-order valence-electron chi connectivity index (χ4n) is 2.77. The normalized spacial score (nSPS) is 10.9. The van der Waals surface area contributed by atoms with E-state index in [9.17, 15) is 0 Å². The lowest BCUT2D eigenvalue weighted by molar-refractivity contribution is 0.984. The number of para-hydroxylation sites is 1. The SMILES string of the molecule is Clc1ccc(CNc2nc(SCc3ccc(Cl)cc3)nc3ccccc23)cc1. The highest BCUT2D eigenvalue weighted by Gasteiger charge is 2.08. The first-order valence-corrected chi connectivity index (χ1v) is 10.5. The Morgan fingerprint density at radius 2 is 1.39 bits per heavy atom. The lowest BCUT2D eigenvalue weighted by Crippen LogP contribution is -2.04. The van der Waals surface area contributed by atoms with Gasteiger partial charge in [-0.1, -0.05) is 71.4 Å². The molecule has 4 aromatic rings. The fraction of sp³-hybridized carbons (Fsp3) is 0.0909. The molecule has 0 unspecified atom stereocenters. The fourth-order valence-corrected chi connectivity index (χ4v) is 3.83. The summed E-state index contributed by atoms with van der Waals surface area (Å²) < 4.78 is 0. The monoisotopic (exact) mass is 425 g/mol. The van der Waals surface area contributed by atoms with Gasteiger partial charge in [0.2, 0.25) is 0 Å². The molecule has 3 nitrogen and oxygen atoms in total. The number of nitrogens with zero attached hydrogens (tertiary/aromatic N) is 2. The van der Waals surface area contributed by atoms with E-state index < -0.39 is 0 Å². The van der Waals surface area contributed by atoms with Gasteiger partial charge in [-0.3, -0.25) is 0 Å². The van der Waals surface area contributed by atoms with Crippen molar-refractivity contribution >= 4 is 51.7 Å². The highest BCUT2D eigenvalue weighted by molar-refractivity contribution is 7.98. The van der Waals surface area contributed by atoms with Crippen LogP contribution in [0.4, 0.5) is 5.82 Å². The van der Waals surface area contributed by atoms with E-state index in [0.717, 1.165) is 43.2 Å². The Hall–Kier alpha value is -2.27. The Kier molecular flexibility index (Phi) is 6.01. The van der Waals surface area contributed by atoms with Gasteiger partial charge in [-0.15, -0.1) is 0 Å². The molecule has 6 heteroatoms. The molecule has 0 spiro atoms. The summed E-state index contributed by atoms with van der Waals surface area (Å²) in [7, 11) is 0. The van der Waals surface area contributed by atoms with E-state index in [1.807, 2.05) is 72.8 Å². The molecular formula is C22H17Cl2N3S. The summed E-state index contributed by atoms with van der Waals surface area (Å²) in [5.74, 6) is 1.62. The molecule has 0 bridgehead atoms. The molecule has 0 atom stereocenters. The van der Waals surface area contributed by atoms with Crippen molar-refractivity contribution in [3.8, 4) is 0 Å². The maximum Gasteiger partial charge on any atom is 0.190 e. The van der Waals surface area contributed by atoms with Crippen molar-refractivity contribution in [3.63, 3.8) is 0 Å². The summed E-state index contributed by atoms with van der Waals surface area (Å²) in [6, 6.07) is 23.7. The number of halogens is 2. The molecule has 0 saturated heterocycles. The van der Waals surface area contributed by atoms with Crippen molar-refractivity contribution in [2.24, 2.45) is 0 Å². The van der Waals surface area contributed by atoms with Gasteiger partial charge in [0, 0.05) is 27.7 Å². The number of thioether (sulfide) groups is 1. The summed E-state index contributed by atoms with van der Waals surface area (Å²) in [6.07, 6.45) is 0. The first-order valence-electron chi connectivity index (χ1n) is 8.80. The molecule has 0 amide bonds. The molecule has 0 radical (unpaired) electrons. The lowest BCUT2D eigenvalue weighted by atomic mass is 10.2. The van der Waals surface area contributed by atoms with Gasteiger partial charge < -0.3 is 5.32 Å². The third-order valence-corrected chi connectivity index (χ3v) is 5.66. The van der Waals surface area contributed by atoms with Crippen molar-refractivity contribution in [2.45, 2.75) is 17.5 Å². The van der Waals surface area contributed by atoms with Crippen LogP contribution in [0, 0.1) is 0 Å². The highest BCUT2D eigenvalue weighted by atomic mass is 35.5. The van der Waals surface area contributed by atoms with E-state index in [4.69, 9.17) is 33.2 Å². The molecule has 0 saturated carbocycles.